The molecule has 0 N–H and O–H groups in total. The van der Waals surface area contributed by atoms with E-state index < -0.39 is 10.0 Å². The lowest BCUT2D eigenvalue weighted by atomic mass is 10.2. The van der Waals surface area contributed by atoms with Gasteiger partial charge in [0.15, 0.2) is 0 Å². The van der Waals surface area contributed by atoms with Crippen LogP contribution in [0.3, 0.4) is 0 Å². The van der Waals surface area contributed by atoms with Crippen LogP contribution in [-0.4, -0.2) is 96.5 Å². The highest BCUT2D eigenvalue weighted by molar-refractivity contribution is 7.92. The minimum Gasteiger partial charge on any atom is -0.378 e. The number of hydrogen-bond acceptors (Lipinski definition) is 6. The molecule has 2 saturated heterocycles. The average molecular weight is 397 g/mol. The second-order valence-electron chi connectivity index (χ2n) is 7.07. The average Bonchev–Trinajstić information content (AvgIpc) is 2.66. The molecule has 2 fully saturated rings. The largest absolute Gasteiger partial charge is 0.378 e. The second-order valence-corrected chi connectivity index (χ2v) is 8.98. The fourth-order valence-corrected chi connectivity index (χ4v) is 4.18. The van der Waals surface area contributed by atoms with Gasteiger partial charge in [-0.1, -0.05) is 0 Å². The van der Waals surface area contributed by atoms with Crippen LogP contribution in [-0.2, 0) is 19.6 Å². The van der Waals surface area contributed by atoms with Crippen LogP contribution in [0.25, 0.3) is 0 Å². The molecule has 2 aliphatic heterocycles. The Balaban J connectivity index is 1.72. The summed E-state index contributed by atoms with van der Waals surface area (Å²) in [5.41, 5.74) is 1.58. The first-order valence-corrected chi connectivity index (χ1v) is 11.1. The Kier molecular flexibility index (Phi) is 6.23. The van der Waals surface area contributed by atoms with Gasteiger partial charge in [0, 0.05) is 45.0 Å². The number of amides is 1. The van der Waals surface area contributed by atoms with E-state index in [9.17, 15) is 13.2 Å². The zero-order valence-corrected chi connectivity index (χ0v) is 16.8. The predicted octanol–water partition coefficient (Wildman–Crippen LogP) is 0.0632. The molecule has 150 valence electrons. The van der Waals surface area contributed by atoms with E-state index in [1.54, 1.807) is 17.0 Å². The Bertz CT molecular complexity index is 739. The minimum atomic E-state index is -3.56. The van der Waals surface area contributed by atoms with Crippen molar-refractivity contribution in [2.24, 2.45) is 0 Å². The van der Waals surface area contributed by atoms with E-state index in [1.807, 2.05) is 12.1 Å². The second kappa shape index (κ2) is 8.45. The quantitative estimate of drug-likeness (QED) is 0.701. The number of morpholine rings is 1. The third-order valence-electron chi connectivity index (χ3n) is 5.05. The molecule has 9 heteroatoms. The van der Waals surface area contributed by atoms with Crippen LogP contribution < -0.4 is 9.21 Å². The van der Waals surface area contributed by atoms with Crippen molar-refractivity contribution in [3.8, 4) is 0 Å². The monoisotopic (exact) mass is 396 g/mol. The smallest absolute Gasteiger partial charge is 0.243 e. The Morgan fingerprint density at radius 2 is 1.63 bits per heavy atom. The molecule has 3 rings (SSSR count). The number of piperazine rings is 1. The number of nitrogens with zero attached hydrogens (tertiary/aromatic N) is 4. The van der Waals surface area contributed by atoms with E-state index in [0.29, 0.717) is 32.0 Å². The SMILES string of the molecule is CN1CCN(c2ccc(N(CC(=O)N3CCOCC3)S(C)(=O)=O)cc2)CC1. The first-order chi connectivity index (χ1) is 12.8. The lowest BCUT2D eigenvalue weighted by Gasteiger charge is -2.34. The van der Waals surface area contributed by atoms with Gasteiger partial charge in [-0.05, 0) is 31.3 Å². The number of carbonyl (C=O) groups excluding carboxylic acids is 1. The van der Waals surface area contributed by atoms with Gasteiger partial charge >= 0.3 is 0 Å². The lowest BCUT2D eigenvalue weighted by Crippen LogP contribution is -2.47. The minimum absolute atomic E-state index is 0.188. The number of rotatable bonds is 5. The molecule has 0 bridgehead atoms. The van der Waals surface area contributed by atoms with E-state index in [-0.39, 0.29) is 12.5 Å². The number of carbonyl (C=O) groups is 1. The van der Waals surface area contributed by atoms with Crippen molar-refractivity contribution in [1.29, 1.82) is 0 Å². The Labute approximate surface area is 161 Å². The van der Waals surface area contributed by atoms with Crippen LogP contribution in [0.15, 0.2) is 24.3 Å². The van der Waals surface area contributed by atoms with Gasteiger partial charge in [-0.2, -0.15) is 0 Å². The van der Waals surface area contributed by atoms with E-state index in [2.05, 4.69) is 16.8 Å². The van der Waals surface area contributed by atoms with Gasteiger partial charge in [0.25, 0.3) is 0 Å². The van der Waals surface area contributed by atoms with Crippen LogP contribution >= 0.6 is 0 Å². The predicted molar refractivity (Wildman–Crippen MR) is 106 cm³/mol. The van der Waals surface area contributed by atoms with Crippen LogP contribution in [0, 0.1) is 0 Å². The van der Waals surface area contributed by atoms with E-state index in [4.69, 9.17) is 4.74 Å². The van der Waals surface area contributed by atoms with Crippen molar-refractivity contribution in [1.82, 2.24) is 9.80 Å². The zero-order valence-electron chi connectivity index (χ0n) is 16.0. The van der Waals surface area contributed by atoms with Crippen molar-refractivity contribution in [3.05, 3.63) is 24.3 Å². The van der Waals surface area contributed by atoms with Gasteiger partial charge < -0.3 is 19.4 Å². The summed E-state index contributed by atoms with van der Waals surface area (Å²) >= 11 is 0. The van der Waals surface area contributed by atoms with Crippen LogP contribution in [0.4, 0.5) is 11.4 Å². The topological polar surface area (TPSA) is 73.4 Å². The molecule has 27 heavy (non-hydrogen) atoms. The summed E-state index contributed by atoms with van der Waals surface area (Å²) in [6.07, 6.45) is 1.13. The lowest BCUT2D eigenvalue weighted by molar-refractivity contribution is -0.133. The number of anilines is 2. The molecule has 1 amide bonds. The molecule has 0 saturated carbocycles. The van der Waals surface area contributed by atoms with Crippen LogP contribution in [0.2, 0.25) is 0 Å². The first-order valence-electron chi connectivity index (χ1n) is 9.21. The molecule has 0 aliphatic carbocycles. The van der Waals surface area contributed by atoms with E-state index in [1.165, 1.54) is 4.31 Å². The molecule has 1 aromatic carbocycles. The third-order valence-corrected chi connectivity index (χ3v) is 6.19. The van der Waals surface area contributed by atoms with Crippen molar-refractivity contribution in [3.63, 3.8) is 0 Å². The summed E-state index contributed by atoms with van der Waals surface area (Å²) < 4.78 is 31.0. The molecular formula is C18H28N4O4S. The van der Waals surface area contributed by atoms with Crippen molar-refractivity contribution in [2.45, 2.75) is 0 Å². The van der Waals surface area contributed by atoms with E-state index >= 15 is 0 Å². The molecule has 8 nitrogen and oxygen atoms in total. The van der Waals surface area contributed by atoms with Gasteiger partial charge in [-0.3, -0.25) is 9.10 Å². The highest BCUT2D eigenvalue weighted by Crippen LogP contribution is 2.23. The van der Waals surface area contributed by atoms with Gasteiger partial charge in [0.2, 0.25) is 15.9 Å². The summed E-state index contributed by atoms with van der Waals surface area (Å²) in [4.78, 5) is 18.7. The molecule has 0 atom stereocenters. The fourth-order valence-electron chi connectivity index (χ4n) is 3.33. The Morgan fingerprint density at radius 3 is 2.19 bits per heavy atom. The number of hydrogen-bond donors (Lipinski definition) is 0. The number of sulfonamides is 1. The molecule has 0 radical (unpaired) electrons. The maximum absolute atomic E-state index is 12.5. The summed E-state index contributed by atoms with van der Waals surface area (Å²) in [7, 11) is -1.46. The molecular weight excluding hydrogens is 368 g/mol. The van der Waals surface area contributed by atoms with Gasteiger partial charge in [0.05, 0.1) is 25.2 Å². The molecule has 1 aromatic rings. The van der Waals surface area contributed by atoms with Crippen molar-refractivity contribution < 1.29 is 17.9 Å². The van der Waals surface area contributed by atoms with Crippen LogP contribution in [0.5, 0.6) is 0 Å². The zero-order chi connectivity index (χ0) is 19.4. The highest BCUT2D eigenvalue weighted by Gasteiger charge is 2.25. The maximum atomic E-state index is 12.5. The normalized spacial score (nSPS) is 19.2. The van der Waals surface area contributed by atoms with E-state index in [0.717, 1.165) is 38.1 Å². The Hall–Kier alpha value is -1.84. The maximum Gasteiger partial charge on any atom is 0.243 e. The molecule has 2 heterocycles. The standard InChI is InChI=1S/C18H28N4O4S/c1-19-7-9-20(10-8-19)16-3-5-17(6-4-16)22(27(2,24)25)15-18(23)21-11-13-26-14-12-21/h3-6H,7-15H2,1-2H3. The highest BCUT2D eigenvalue weighted by atomic mass is 32.2. The molecule has 2 aliphatic rings. The first kappa shape index (κ1) is 19.9. The van der Waals surface area contributed by atoms with Crippen molar-refractivity contribution in [2.75, 3.05) is 81.5 Å². The van der Waals surface area contributed by atoms with Crippen LogP contribution in [0.1, 0.15) is 0 Å². The number of benzene rings is 1. The van der Waals surface area contributed by atoms with Gasteiger partial charge in [-0.15, -0.1) is 0 Å². The Morgan fingerprint density at radius 1 is 1.04 bits per heavy atom. The summed E-state index contributed by atoms with van der Waals surface area (Å²) in [5.74, 6) is -0.202. The third kappa shape index (κ3) is 5.12. The molecule has 0 aromatic heterocycles. The van der Waals surface area contributed by atoms with Gasteiger partial charge in [0.1, 0.15) is 6.54 Å². The summed E-state index contributed by atoms with van der Waals surface area (Å²) in [5, 5.41) is 0. The summed E-state index contributed by atoms with van der Waals surface area (Å²) in [6.45, 7) is 5.69. The molecule has 0 spiro atoms. The number of likely N-dealkylation sites (N-methyl/N-ethyl adjacent to an activating group) is 1. The number of ether oxygens (including phenoxy) is 1. The summed E-state index contributed by atoms with van der Waals surface area (Å²) in [6, 6.07) is 7.42. The molecule has 0 unspecified atom stereocenters. The van der Waals surface area contributed by atoms with Gasteiger partial charge in [-0.25, -0.2) is 8.42 Å². The van der Waals surface area contributed by atoms with Crippen molar-refractivity contribution >= 4 is 27.3 Å². The fraction of sp³-hybridized carbons (Fsp3) is 0.611.